The molecule has 0 spiro atoms. The second kappa shape index (κ2) is 5.82. The number of carboxylic acids is 1. The van der Waals surface area contributed by atoms with E-state index >= 15 is 0 Å². The fourth-order valence-electron chi connectivity index (χ4n) is 1.63. The van der Waals surface area contributed by atoms with Crippen LogP contribution < -0.4 is 4.72 Å². The number of aromatic carboxylic acids is 1. The summed E-state index contributed by atoms with van der Waals surface area (Å²) < 4.78 is 40.1. The lowest BCUT2D eigenvalue weighted by Crippen LogP contribution is -2.15. The van der Waals surface area contributed by atoms with Gasteiger partial charge in [0.05, 0.1) is 16.1 Å². The maximum Gasteiger partial charge on any atom is 0.337 e. The first-order valence-electron chi connectivity index (χ1n) is 5.61. The van der Waals surface area contributed by atoms with Gasteiger partial charge in [-0.25, -0.2) is 17.6 Å². The summed E-state index contributed by atoms with van der Waals surface area (Å²) >= 11 is 3.13. The van der Waals surface area contributed by atoms with Gasteiger partial charge in [0.25, 0.3) is 10.0 Å². The van der Waals surface area contributed by atoms with Crippen molar-refractivity contribution in [3.05, 3.63) is 58.3 Å². The maximum atomic E-state index is 13.1. The van der Waals surface area contributed by atoms with E-state index in [-0.39, 0.29) is 16.1 Å². The summed E-state index contributed by atoms with van der Waals surface area (Å²) in [4.78, 5) is 10.8. The van der Waals surface area contributed by atoms with Gasteiger partial charge in [-0.05, 0) is 36.4 Å². The summed E-state index contributed by atoms with van der Waals surface area (Å²) in [6.45, 7) is 0. The number of nitrogens with one attached hydrogen (secondary N) is 1. The van der Waals surface area contributed by atoms with E-state index in [1.54, 1.807) is 0 Å². The molecular weight excluding hydrogens is 365 g/mol. The lowest BCUT2D eigenvalue weighted by atomic mass is 10.2. The van der Waals surface area contributed by atoms with Gasteiger partial charge in [0.1, 0.15) is 5.82 Å². The third-order valence-corrected chi connectivity index (χ3v) is 4.42. The Kier molecular flexibility index (Phi) is 4.29. The first-order valence-corrected chi connectivity index (χ1v) is 7.88. The van der Waals surface area contributed by atoms with E-state index in [1.807, 2.05) is 0 Å². The van der Waals surface area contributed by atoms with Crippen LogP contribution in [0.5, 0.6) is 0 Å². The van der Waals surface area contributed by atoms with Gasteiger partial charge in [-0.3, -0.25) is 4.72 Å². The van der Waals surface area contributed by atoms with Gasteiger partial charge >= 0.3 is 5.97 Å². The number of hydrogen-bond donors (Lipinski definition) is 2. The van der Waals surface area contributed by atoms with Crippen LogP contribution in [0.15, 0.2) is 51.8 Å². The summed E-state index contributed by atoms with van der Waals surface area (Å²) in [5.41, 5.74) is -0.320. The molecule has 0 aliphatic heterocycles. The number of carbonyl (C=O) groups is 1. The van der Waals surface area contributed by atoms with Crippen molar-refractivity contribution in [1.82, 2.24) is 0 Å². The molecule has 0 saturated carbocycles. The highest BCUT2D eigenvalue weighted by molar-refractivity contribution is 9.10. The number of rotatable bonds is 4. The Morgan fingerprint density at radius 1 is 1.19 bits per heavy atom. The van der Waals surface area contributed by atoms with Crippen LogP contribution in [0.25, 0.3) is 0 Å². The van der Waals surface area contributed by atoms with Crippen molar-refractivity contribution < 1.29 is 22.7 Å². The molecule has 0 aliphatic carbocycles. The molecule has 0 bridgehead atoms. The normalized spacial score (nSPS) is 11.1. The van der Waals surface area contributed by atoms with Crippen molar-refractivity contribution >= 4 is 37.6 Å². The predicted octanol–water partition coefficient (Wildman–Crippen LogP) is 3.09. The summed E-state index contributed by atoms with van der Waals surface area (Å²) in [5, 5.41) is 9.06. The highest BCUT2D eigenvalue weighted by Gasteiger charge is 2.19. The van der Waals surface area contributed by atoms with Crippen molar-refractivity contribution in [1.29, 1.82) is 0 Å². The van der Waals surface area contributed by atoms with Crippen LogP contribution in [0.4, 0.5) is 10.1 Å². The lowest BCUT2D eigenvalue weighted by molar-refractivity contribution is 0.0698. The minimum atomic E-state index is -4.08. The van der Waals surface area contributed by atoms with Gasteiger partial charge in [0, 0.05) is 4.47 Å². The average molecular weight is 374 g/mol. The van der Waals surface area contributed by atoms with Gasteiger partial charge in [-0.2, -0.15) is 0 Å². The van der Waals surface area contributed by atoms with Gasteiger partial charge in [-0.1, -0.05) is 22.0 Å². The van der Waals surface area contributed by atoms with Crippen LogP contribution in [-0.4, -0.2) is 19.5 Å². The van der Waals surface area contributed by atoms with Crippen LogP contribution >= 0.6 is 15.9 Å². The fraction of sp³-hybridized carbons (Fsp3) is 0. The minimum Gasteiger partial charge on any atom is -0.478 e. The highest BCUT2D eigenvalue weighted by Crippen LogP contribution is 2.24. The Balaban J connectivity index is 2.46. The van der Waals surface area contributed by atoms with Crippen molar-refractivity contribution in [2.75, 3.05) is 4.72 Å². The third kappa shape index (κ3) is 3.59. The molecule has 0 radical (unpaired) electrons. The van der Waals surface area contributed by atoms with Crippen LogP contribution in [-0.2, 0) is 10.0 Å². The number of benzene rings is 2. The molecule has 0 saturated heterocycles. The monoisotopic (exact) mass is 373 g/mol. The number of anilines is 1. The smallest absolute Gasteiger partial charge is 0.337 e. The molecule has 2 N–H and O–H groups in total. The molecule has 2 aromatic rings. The SMILES string of the molecule is O=C(O)c1ccc(Br)cc1NS(=O)(=O)c1cccc(F)c1. The molecule has 21 heavy (non-hydrogen) atoms. The molecule has 110 valence electrons. The molecule has 2 aromatic carbocycles. The average Bonchev–Trinajstić information content (AvgIpc) is 2.38. The Morgan fingerprint density at radius 3 is 2.52 bits per heavy atom. The molecule has 0 atom stereocenters. The van der Waals surface area contributed by atoms with Crippen LogP contribution in [0.1, 0.15) is 10.4 Å². The minimum absolute atomic E-state index is 0.110. The standard InChI is InChI=1S/C13H9BrFNO4S/c14-8-4-5-11(13(17)18)12(6-8)16-21(19,20)10-3-1-2-9(15)7-10/h1-7,16H,(H,17,18). The van der Waals surface area contributed by atoms with Crippen LogP contribution in [0.3, 0.4) is 0 Å². The van der Waals surface area contributed by atoms with Gasteiger partial charge in [0.2, 0.25) is 0 Å². The number of carboxylic acid groups (broad SMARTS) is 1. The Hall–Kier alpha value is -1.93. The molecule has 0 heterocycles. The van der Waals surface area contributed by atoms with Gasteiger partial charge < -0.3 is 5.11 Å². The zero-order valence-electron chi connectivity index (χ0n) is 10.4. The Morgan fingerprint density at radius 2 is 1.90 bits per heavy atom. The third-order valence-electron chi connectivity index (χ3n) is 2.56. The summed E-state index contributed by atoms with van der Waals surface area (Å²) in [6.07, 6.45) is 0. The number of halogens is 2. The van der Waals surface area contributed by atoms with E-state index in [4.69, 9.17) is 5.11 Å². The molecule has 0 aliphatic rings. The molecule has 2 rings (SSSR count). The molecule has 0 fully saturated rings. The maximum absolute atomic E-state index is 13.1. The van der Waals surface area contributed by atoms with Crippen molar-refractivity contribution in [3.63, 3.8) is 0 Å². The van der Waals surface area contributed by atoms with Crippen LogP contribution in [0.2, 0.25) is 0 Å². The van der Waals surface area contributed by atoms with E-state index in [9.17, 15) is 17.6 Å². The van der Waals surface area contributed by atoms with Crippen molar-refractivity contribution in [3.8, 4) is 0 Å². The van der Waals surface area contributed by atoms with E-state index in [1.165, 1.54) is 30.3 Å². The quantitative estimate of drug-likeness (QED) is 0.862. The molecule has 0 unspecified atom stereocenters. The summed E-state index contributed by atoms with van der Waals surface area (Å²) in [7, 11) is -4.08. The first-order chi connectivity index (χ1) is 9.79. The van der Waals surface area contributed by atoms with Gasteiger partial charge in [-0.15, -0.1) is 0 Å². The summed E-state index contributed by atoms with van der Waals surface area (Å²) in [6, 6.07) is 8.48. The second-order valence-electron chi connectivity index (χ2n) is 4.06. The van der Waals surface area contributed by atoms with E-state index < -0.39 is 21.8 Å². The molecule has 0 amide bonds. The molecule has 5 nitrogen and oxygen atoms in total. The van der Waals surface area contributed by atoms with Crippen molar-refractivity contribution in [2.45, 2.75) is 4.90 Å². The summed E-state index contributed by atoms with van der Waals surface area (Å²) in [5.74, 6) is -1.98. The largest absolute Gasteiger partial charge is 0.478 e. The lowest BCUT2D eigenvalue weighted by Gasteiger charge is -2.11. The first kappa shape index (κ1) is 15.5. The number of hydrogen-bond acceptors (Lipinski definition) is 3. The van der Waals surface area contributed by atoms with Crippen molar-refractivity contribution in [2.24, 2.45) is 0 Å². The van der Waals surface area contributed by atoms with E-state index in [0.717, 1.165) is 12.1 Å². The molecule has 0 aromatic heterocycles. The Labute approximate surface area is 128 Å². The zero-order chi connectivity index (χ0) is 15.6. The fourth-order valence-corrected chi connectivity index (χ4v) is 3.09. The highest BCUT2D eigenvalue weighted by atomic mass is 79.9. The van der Waals surface area contributed by atoms with E-state index in [2.05, 4.69) is 20.7 Å². The van der Waals surface area contributed by atoms with Gasteiger partial charge in [0.15, 0.2) is 0 Å². The zero-order valence-corrected chi connectivity index (χ0v) is 12.8. The molecule has 8 heteroatoms. The topological polar surface area (TPSA) is 83.5 Å². The molecular formula is C13H9BrFNO4S. The Bertz CT molecular complexity index is 808. The van der Waals surface area contributed by atoms with Crippen LogP contribution in [0, 0.1) is 5.82 Å². The number of sulfonamides is 1. The second-order valence-corrected chi connectivity index (χ2v) is 6.66. The van der Waals surface area contributed by atoms with E-state index in [0.29, 0.717) is 4.47 Å². The predicted molar refractivity (Wildman–Crippen MR) is 78.3 cm³/mol.